The minimum absolute atomic E-state index is 0.0983. The zero-order valence-electron chi connectivity index (χ0n) is 17.9. The number of para-hydroxylation sites is 1. The molecule has 2 amide bonds. The molecule has 7 nitrogen and oxygen atoms in total. The maximum absolute atomic E-state index is 14.8. The lowest BCUT2D eigenvalue weighted by Crippen LogP contribution is -2.33. The van der Waals surface area contributed by atoms with Gasteiger partial charge in [0.15, 0.2) is 11.6 Å². The van der Waals surface area contributed by atoms with E-state index in [1.165, 1.54) is 12.1 Å². The maximum Gasteiger partial charge on any atom is 0.247 e. The van der Waals surface area contributed by atoms with Crippen LogP contribution in [-0.2, 0) is 22.6 Å². The number of rotatable bonds is 8. The van der Waals surface area contributed by atoms with Gasteiger partial charge in [0.05, 0.1) is 16.8 Å². The van der Waals surface area contributed by atoms with E-state index in [0.29, 0.717) is 11.5 Å². The van der Waals surface area contributed by atoms with Gasteiger partial charge in [-0.15, -0.1) is 0 Å². The molecule has 2 fully saturated rings. The van der Waals surface area contributed by atoms with Crippen LogP contribution in [0.2, 0.25) is 0 Å². The average Bonchev–Trinajstić information content (AvgIpc) is 3.73. The summed E-state index contributed by atoms with van der Waals surface area (Å²) in [4.78, 5) is 28.4. The SMILES string of the molecule is NC(=O)C1(Cc2ccc(OCc3cc(C4CC4)nc4ccccc34)c(F)c2)CC1C(=O)NO. The summed E-state index contributed by atoms with van der Waals surface area (Å²) in [5.41, 5.74) is 9.37. The van der Waals surface area contributed by atoms with Crippen molar-refractivity contribution >= 4 is 22.7 Å². The fraction of sp³-hybridized carbons (Fsp3) is 0.320. The molecule has 2 unspecified atom stereocenters. The average molecular weight is 449 g/mol. The minimum atomic E-state index is -1.11. The topological polar surface area (TPSA) is 115 Å². The van der Waals surface area contributed by atoms with E-state index in [1.54, 1.807) is 11.5 Å². The van der Waals surface area contributed by atoms with Crippen LogP contribution in [0.25, 0.3) is 10.9 Å². The molecule has 5 rings (SSSR count). The number of carbonyl (C=O) groups is 2. The van der Waals surface area contributed by atoms with Gasteiger partial charge in [-0.2, -0.15) is 0 Å². The van der Waals surface area contributed by atoms with Crippen LogP contribution in [0, 0.1) is 17.2 Å². The Kier molecular flexibility index (Phi) is 5.25. The number of amides is 2. The molecule has 4 N–H and O–H groups in total. The number of nitrogens with two attached hydrogens (primary N) is 1. The number of ether oxygens (including phenoxy) is 1. The summed E-state index contributed by atoms with van der Waals surface area (Å²) in [6.07, 6.45) is 2.59. The second kappa shape index (κ2) is 8.12. The Morgan fingerprint density at radius 3 is 2.70 bits per heavy atom. The first-order chi connectivity index (χ1) is 15.9. The van der Waals surface area contributed by atoms with Gasteiger partial charge >= 0.3 is 0 Å². The Balaban J connectivity index is 1.33. The number of halogens is 1. The summed E-state index contributed by atoms with van der Waals surface area (Å²) >= 11 is 0. The van der Waals surface area contributed by atoms with Gasteiger partial charge in [-0.1, -0.05) is 24.3 Å². The van der Waals surface area contributed by atoms with Gasteiger partial charge in [0, 0.05) is 22.6 Å². The summed E-state index contributed by atoms with van der Waals surface area (Å²) in [5.74, 6) is -2.00. The normalized spacial score (nSPS) is 21.6. The molecule has 1 heterocycles. The molecule has 0 aliphatic heterocycles. The Hall–Kier alpha value is -3.52. The van der Waals surface area contributed by atoms with Gasteiger partial charge in [-0.3, -0.25) is 19.8 Å². The van der Waals surface area contributed by atoms with Crippen LogP contribution in [0.15, 0.2) is 48.5 Å². The quantitative estimate of drug-likeness (QED) is 0.360. The molecule has 1 aromatic heterocycles. The third kappa shape index (κ3) is 4.02. The molecule has 33 heavy (non-hydrogen) atoms. The second-order valence-corrected chi connectivity index (χ2v) is 8.98. The molecule has 8 heteroatoms. The van der Waals surface area contributed by atoms with Gasteiger partial charge in [-0.05, 0) is 55.5 Å². The predicted octanol–water partition coefficient (Wildman–Crippen LogP) is 3.37. The van der Waals surface area contributed by atoms with Crippen molar-refractivity contribution in [3.8, 4) is 5.75 Å². The molecule has 3 aromatic rings. The zero-order chi connectivity index (χ0) is 23.2. The van der Waals surface area contributed by atoms with Crippen LogP contribution in [0.1, 0.15) is 42.0 Å². The molecular formula is C25H24FN3O4. The molecule has 0 saturated heterocycles. The molecule has 2 saturated carbocycles. The first kappa shape index (κ1) is 21.3. The summed E-state index contributed by atoms with van der Waals surface area (Å²) in [5, 5.41) is 9.82. The van der Waals surface area contributed by atoms with E-state index in [0.717, 1.165) is 35.0 Å². The summed E-state index contributed by atoms with van der Waals surface area (Å²) in [6.45, 7) is 0.197. The van der Waals surface area contributed by atoms with Crippen molar-refractivity contribution in [2.24, 2.45) is 17.1 Å². The van der Waals surface area contributed by atoms with Crippen molar-refractivity contribution < 1.29 is 23.9 Å². The molecule has 0 spiro atoms. The molecular weight excluding hydrogens is 425 g/mol. The van der Waals surface area contributed by atoms with Crippen molar-refractivity contribution in [2.75, 3.05) is 0 Å². The standard InChI is InChI=1S/C25H24FN3O4/c26-19-9-14(11-25(24(27)31)12-18(25)23(30)29-32)5-8-22(19)33-13-16-10-21(15-6-7-15)28-20-4-2-1-3-17(16)20/h1-5,8-10,15,18,32H,6-7,11-13H2,(H2,27,31)(H,29,30). The molecule has 2 aliphatic carbocycles. The minimum Gasteiger partial charge on any atom is -0.486 e. The second-order valence-electron chi connectivity index (χ2n) is 8.98. The maximum atomic E-state index is 14.8. The van der Waals surface area contributed by atoms with E-state index in [-0.39, 0.29) is 25.2 Å². The van der Waals surface area contributed by atoms with Crippen LogP contribution < -0.4 is 16.0 Å². The van der Waals surface area contributed by atoms with Crippen LogP contribution in [0.3, 0.4) is 0 Å². The van der Waals surface area contributed by atoms with E-state index in [1.807, 2.05) is 30.3 Å². The van der Waals surface area contributed by atoms with Crippen LogP contribution in [0.5, 0.6) is 5.75 Å². The lowest BCUT2D eigenvalue weighted by Gasteiger charge is -2.15. The highest BCUT2D eigenvalue weighted by atomic mass is 19.1. The third-order valence-corrected chi connectivity index (χ3v) is 6.71. The highest BCUT2D eigenvalue weighted by molar-refractivity contribution is 5.95. The molecule has 2 aliphatic rings. The number of benzene rings is 2. The van der Waals surface area contributed by atoms with Crippen LogP contribution in [0.4, 0.5) is 4.39 Å². The van der Waals surface area contributed by atoms with Gasteiger partial charge in [0.1, 0.15) is 6.61 Å². The highest BCUT2D eigenvalue weighted by Crippen LogP contribution is 2.54. The summed E-state index contributed by atoms with van der Waals surface area (Å²) < 4.78 is 20.6. The molecule has 0 radical (unpaired) electrons. The first-order valence-corrected chi connectivity index (χ1v) is 10.9. The number of primary amides is 1. The number of nitrogens with one attached hydrogen (secondary N) is 1. The van der Waals surface area contributed by atoms with E-state index in [2.05, 4.69) is 0 Å². The lowest BCUT2D eigenvalue weighted by atomic mass is 9.92. The summed E-state index contributed by atoms with van der Waals surface area (Å²) in [6, 6.07) is 14.4. The lowest BCUT2D eigenvalue weighted by molar-refractivity contribution is -0.134. The monoisotopic (exact) mass is 449 g/mol. The predicted molar refractivity (Wildman–Crippen MR) is 118 cm³/mol. The van der Waals surface area contributed by atoms with Crippen LogP contribution in [-0.4, -0.2) is 22.0 Å². The van der Waals surface area contributed by atoms with Crippen molar-refractivity contribution in [3.63, 3.8) is 0 Å². The Labute approximate surface area is 189 Å². The van der Waals surface area contributed by atoms with E-state index in [4.69, 9.17) is 20.7 Å². The van der Waals surface area contributed by atoms with E-state index in [9.17, 15) is 14.0 Å². The zero-order valence-corrected chi connectivity index (χ0v) is 17.9. The first-order valence-electron chi connectivity index (χ1n) is 10.9. The number of fused-ring (bicyclic) bond motifs is 1. The van der Waals surface area contributed by atoms with Gasteiger partial charge in [-0.25, -0.2) is 9.87 Å². The third-order valence-electron chi connectivity index (χ3n) is 6.71. The largest absolute Gasteiger partial charge is 0.486 e. The van der Waals surface area contributed by atoms with E-state index >= 15 is 0 Å². The fourth-order valence-corrected chi connectivity index (χ4v) is 4.55. The van der Waals surface area contributed by atoms with E-state index < -0.39 is 29.0 Å². The molecule has 2 atom stereocenters. The number of aromatic nitrogens is 1. The van der Waals surface area contributed by atoms with Crippen LogP contribution >= 0.6 is 0 Å². The molecule has 170 valence electrons. The fourth-order valence-electron chi connectivity index (χ4n) is 4.55. The van der Waals surface area contributed by atoms with Crippen molar-refractivity contribution in [3.05, 3.63) is 71.2 Å². The Morgan fingerprint density at radius 2 is 2.00 bits per heavy atom. The summed E-state index contributed by atoms with van der Waals surface area (Å²) in [7, 11) is 0. The van der Waals surface area contributed by atoms with Crippen molar-refractivity contribution in [1.29, 1.82) is 0 Å². The number of hydrogen-bond acceptors (Lipinski definition) is 5. The van der Waals surface area contributed by atoms with Crippen molar-refractivity contribution in [2.45, 2.75) is 38.2 Å². The number of carbonyl (C=O) groups excluding carboxylic acids is 2. The molecule has 2 aromatic carbocycles. The highest BCUT2D eigenvalue weighted by Gasteiger charge is 2.62. The number of pyridine rings is 1. The van der Waals surface area contributed by atoms with Gasteiger partial charge in [0.25, 0.3) is 0 Å². The number of hydrogen-bond donors (Lipinski definition) is 3. The van der Waals surface area contributed by atoms with Crippen molar-refractivity contribution in [1.82, 2.24) is 10.5 Å². The molecule has 0 bridgehead atoms. The number of hydroxylamine groups is 1. The number of nitrogens with zero attached hydrogens (tertiary/aromatic N) is 1. The Bertz CT molecular complexity index is 1260. The van der Waals surface area contributed by atoms with Gasteiger partial charge in [0.2, 0.25) is 11.8 Å². The smallest absolute Gasteiger partial charge is 0.247 e. The Morgan fingerprint density at radius 1 is 1.21 bits per heavy atom. The van der Waals surface area contributed by atoms with Gasteiger partial charge < -0.3 is 10.5 Å².